The van der Waals surface area contributed by atoms with Crippen molar-refractivity contribution in [2.75, 3.05) is 10.8 Å². The van der Waals surface area contributed by atoms with Crippen LogP contribution in [0.4, 0.5) is 5.69 Å². The Hall–Kier alpha value is -3.66. The monoisotopic (exact) mass is 625 g/mol. The van der Waals surface area contributed by atoms with Gasteiger partial charge >= 0.3 is 0 Å². The third kappa shape index (κ3) is 7.69. The number of hydrogen-bond donors (Lipinski definition) is 1. The first kappa shape index (κ1) is 28.4. The van der Waals surface area contributed by atoms with Gasteiger partial charge in [0.2, 0.25) is 0 Å². The van der Waals surface area contributed by atoms with Crippen molar-refractivity contribution in [3.8, 4) is 5.75 Å². The van der Waals surface area contributed by atoms with Gasteiger partial charge in [-0.05, 0) is 73.2 Å². The van der Waals surface area contributed by atoms with Crippen molar-refractivity contribution in [1.82, 2.24) is 5.43 Å². The van der Waals surface area contributed by atoms with Crippen molar-refractivity contribution in [2.45, 2.75) is 18.4 Å². The van der Waals surface area contributed by atoms with Gasteiger partial charge in [-0.2, -0.15) is 5.10 Å². The fourth-order valence-electron chi connectivity index (χ4n) is 3.56. The lowest BCUT2D eigenvalue weighted by atomic mass is 10.2. The van der Waals surface area contributed by atoms with Crippen molar-refractivity contribution in [3.05, 3.63) is 123 Å². The first-order valence-electron chi connectivity index (χ1n) is 11.9. The number of nitrogens with zero attached hydrogens (tertiary/aromatic N) is 2. The van der Waals surface area contributed by atoms with E-state index in [4.69, 9.17) is 16.3 Å². The summed E-state index contributed by atoms with van der Waals surface area (Å²) in [5, 5.41) is 4.63. The van der Waals surface area contributed by atoms with Gasteiger partial charge in [0.15, 0.2) is 0 Å². The standard InChI is InChI=1S/C29H25BrClN3O4S/c1-21-9-15-27(16-10-21)39(36,37)34(25-7-4-6-24(30)17-25)19-29(35)33-32-18-22-11-13-26(14-12-22)38-20-23-5-2-3-8-28(23)31/h2-18H,19-20H2,1H3,(H,33,35)/b32-18-. The molecule has 7 nitrogen and oxygen atoms in total. The molecule has 4 rings (SSSR count). The van der Waals surface area contributed by atoms with Crippen molar-refractivity contribution in [3.63, 3.8) is 0 Å². The molecule has 0 spiro atoms. The minimum atomic E-state index is -4.02. The molecule has 0 aliphatic heterocycles. The van der Waals surface area contributed by atoms with Gasteiger partial charge in [0, 0.05) is 15.1 Å². The Morgan fingerprint density at radius 3 is 2.41 bits per heavy atom. The van der Waals surface area contributed by atoms with Crippen LogP contribution in [-0.2, 0) is 21.4 Å². The van der Waals surface area contributed by atoms with E-state index in [-0.39, 0.29) is 4.90 Å². The maximum atomic E-state index is 13.5. The summed E-state index contributed by atoms with van der Waals surface area (Å²) in [5.74, 6) is 0.0590. The summed E-state index contributed by atoms with van der Waals surface area (Å²) in [6.45, 7) is 1.75. The molecule has 0 bridgehead atoms. The van der Waals surface area contributed by atoms with Gasteiger partial charge in [0.05, 0.1) is 16.8 Å². The van der Waals surface area contributed by atoms with Crippen LogP contribution in [-0.4, -0.2) is 27.1 Å². The van der Waals surface area contributed by atoms with E-state index in [9.17, 15) is 13.2 Å². The van der Waals surface area contributed by atoms with E-state index in [0.717, 1.165) is 21.0 Å². The highest BCUT2D eigenvalue weighted by molar-refractivity contribution is 9.10. The Morgan fingerprint density at radius 1 is 1.00 bits per heavy atom. The van der Waals surface area contributed by atoms with Gasteiger partial charge < -0.3 is 4.74 Å². The van der Waals surface area contributed by atoms with Crippen molar-refractivity contribution < 1.29 is 17.9 Å². The maximum absolute atomic E-state index is 13.5. The van der Waals surface area contributed by atoms with E-state index in [1.54, 1.807) is 60.7 Å². The smallest absolute Gasteiger partial charge is 0.264 e. The predicted molar refractivity (Wildman–Crippen MR) is 158 cm³/mol. The van der Waals surface area contributed by atoms with Crippen LogP contribution in [0.3, 0.4) is 0 Å². The van der Waals surface area contributed by atoms with Crippen LogP contribution in [0.15, 0.2) is 112 Å². The molecule has 0 unspecified atom stereocenters. The summed E-state index contributed by atoms with van der Waals surface area (Å²) in [4.78, 5) is 12.8. The van der Waals surface area contributed by atoms with Crippen LogP contribution in [0.25, 0.3) is 0 Å². The van der Waals surface area contributed by atoms with Crippen LogP contribution in [0.2, 0.25) is 5.02 Å². The number of sulfonamides is 1. The van der Waals surface area contributed by atoms with E-state index < -0.39 is 22.5 Å². The number of anilines is 1. The molecule has 4 aromatic rings. The minimum absolute atomic E-state index is 0.0845. The first-order valence-corrected chi connectivity index (χ1v) is 14.5. The van der Waals surface area contributed by atoms with Gasteiger partial charge in [0.1, 0.15) is 18.9 Å². The molecule has 0 saturated carbocycles. The molecule has 1 N–H and O–H groups in total. The van der Waals surface area contributed by atoms with Crippen molar-refractivity contribution >= 4 is 55.4 Å². The quantitative estimate of drug-likeness (QED) is 0.165. The number of amides is 1. The zero-order chi connectivity index (χ0) is 27.8. The second kappa shape index (κ2) is 12.9. The Morgan fingerprint density at radius 2 is 1.72 bits per heavy atom. The summed E-state index contributed by atoms with van der Waals surface area (Å²) in [6.07, 6.45) is 1.47. The molecule has 4 aromatic carbocycles. The molecule has 1 amide bonds. The number of aryl methyl sites for hydroxylation is 1. The Balaban J connectivity index is 1.41. The van der Waals surface area contributed by atoms with Crippen LogP contribution in [0.1, 0.15) is 16.7 Å². The van der Waals surface area contributed by atoms with E-state index in [0.29, 0.717) is 27.5 Å². The lowest BCUT2D eigenvalue weighted by Crippen LogP contribution is -2.39. The average Bonchev–Trinajstić information content (AvgIpc) is 2.92. The van der Waals surface area contributed by atoms with Crippen LogP contribution >= 0.6 is 27.5 Å². The van der Waals surface area contributed by atoms with E-state index in [1.807, 2.05) is 31.2 Å². The predicted octanol–water partition coefficient (Wildman–Crippen LogP) is 6.34. The third-order valence-electron chi connectivity index (χ3n) is 5.63. The van der Waals surface area contributed by atoms with E-state index >= 15 is 0 Å². The number of halogens is 2. The van der Waals surface area contributed by atoms with Gasteiger partial charge in [-0.25, -0.2) is 13.8 Å². The molecule has 0 fully saturated rings. The molecule has 0 radical (unpaired) electrons. The van der Waals surface area contributed by atoms with E-state index in [1.165, 1.54) is 18.3 Å². The lowest BCUT2D eigenvalue weighted by Gasteiger charge is -2.24. The number of hydrazone groups is 1. The molecule has 0 aliphatic carbocycles. The first-order chi connectivity index (χ1) is 18.7. The SMILES string of the molecule is Cc1ccc(S(=O)(=O)N(CC(=O)N/N=C\c2ccc(OCc3ccccc3Cl)cc2)c2cccc(Br)c2)cc1. The van der Waals surface area contributed by atoms with Crippen LogP contribution < -0.4 is 14.5 Å². The second-order valence-electron chi connectivity index (χ2n) is 8.55. The molecule has 10 heteroatoms. The molecular weight excluding hydrogens is 602 g/mol. The normalized spacial score (nSPS) is 11.4. The van der Waals surface area contributed by atoms with Gasteiger partial charge in [0.25, 0.3) is 15.9 Å². The molecule has 0 atom stereocenters. The zero-order valence-electron chi connectivity index (χ0n) is 20.9. The third-order valence-corrected chi connectivity index (χ3v) is 8.28. The van der Waals surface area contributed by atoms with Crippen LogP contribution in [0, 0.1) is 6.92 Å². The molecule has 0 aromatic heterocycles. The highest BCUT2D eigenvalue weighted by Gasteiger charge is 2.27. The largest absolute Gasteiger partial charge is 0.489 e. The minimum Gasteiger partial charge on any atom is -0.489 e. The van der Waals surface area contributed by atoms with Gasteiger partial charge in [-0.3, -0.25) is 9.10 Å². The fraction of sp³-hybridized carbons (Fsp3) is 0.103. The Bertz CT molecular complexity index is 1580. The van der Waals surface area contributed by atoms with Crippen molar-refractivity contribution in [2.24, 2.45) is 5.10 Å². The summed E-state index contributed by atoms with van der Waals surface area (Å²) < 4.78 is 34.4. The summed E-state index contributed by atoms with van der Waals surface area (Å²) in [6, 6.07) is 27.8. The van der Waals surface area contributed by atoms with Gasteiger partial charge in [-0.1, -0.05) is 69.5 Å². The summed E-state index contributed by atoms with van der Waals surface area (Å²) in [5.41, 5.74) is 5.29. The topological polar surface area (TPSA) is 88.1 Å². The zero-order valence-corrected chi connectivity index (χ0v) is 24.1. The number of ether oxygens (including phenoxy) is 1. The molecule has 39 heavy (non-hydrogen) atoms. The van der Waals surface area contributed by atoms with Crippen molar-refractivity contribution in [1.29, 1.82) is 0 Å². The lowest BCUT2D eigenvalue weighted by molar-refractivity contribution is -0.119. The number of benzene rings is 4. The van der Waals surface area contributed by atoms with E-state index in [2.05, 4.69) is 26.5 Å². The fourth-order valence-corrected chi connectivity index (χ4v) is 5.55. The number of carbonyl (C=O) groups is 1. The number of carbonyl (C=O) groups excluding carboxylic acids is 1. The summed E-state index contributed by atoms with van der Waals surface area (Å²) in [7, 11) is -4.02. The second-order valence-corrected chi connectivity index (χ2v) is 11.7. The number of rotatable bonds is 10. The van der Waals surface area contributed by atoms with Crippen LogP contribution in [0.5, 0.6) is 5.75 Å². The molecule has 200 valence electrons. The molecular formula is C29H25BrClN3O4S. The number of hydrogen-bond acceptors (Lipinski definition) is 5. The highest BCUT2D eigenvalue weighted by Crippen LogP contribution is 2.26. The maximum Gasteiger partial charge on any atom is 0.264 e. The summed E-state index contributed by atoms with van der Waals surface area (Å²) >= 11 is 9.53. The Labute approximate surface area is 241 Å². The Kier molecular flexibility index (Phi) is 9.40. The van der Waals surface area contributed by atoms with Gasteiger partial charge in [-0.15, -0.1) is 0 Å². The average molecular weight is 627 g/mol. The number of nitrogens with one attached hydrogen (secondary N) is 1. The molecule has 0 heterocycles. The molecule has 0 saturated heterocycles. The molecule has 0 aliphatic rings. The highest BCUT2D eigenvalue weighted by atomic mass is 79.9.